The van der Waals surface area contributed by atoms with Gasteiger partial charge < -0.3 is 9.73 Å². The van der Waals surface area contributed by atoms with E-state index in [4.69, 9.17) is 4.42 Å². The molecule has 0 spiro atoms. The molecule has 24 heavy (non-hydrogen) atoms. The molecular weight excluding hydrogens is 330 g/mol. The summed E-state index contributed by atoms with van der Waals surface area (Å²) >= 11 is 0. The molecule has 4 rings (SSSR count). The van der Waals surface area contributed by atoms with Gasteiger partial charge in [-0.2, -0.15) is 5.10 Å². The van der Waals surface area contributed by atoms with Gasteiger partial charge in [0.2, 0.25) is 0 Å². The molecule has 3 aromatic rings. The third-order valence-corrected chi connectivity index (χ3v) is 5.94. The van der Waals surface area contributed by atoms with Crippen LogP contribution in [0.4, 0.5) is 5.82 Å². The molecule has 0 bridgehead atoms. The van der Waals surface area contributed by atoms with Gasteiger partial charge in [-0.05, 0) is 12.5 Å². The van der Waals surface area contributed by atoms with Gasteiger partial charge >= 0.3 is 0 Å². The Kier molecular flexibility index (Phi) is 3.42. The van der Waals surface area contributed by atoms with Gasteiger partial charge in [0.05, 0.1) is 29.3 Å². The first-order valence-electron chi connectivity index (χ1n) is 7.55. The highest BCUT2D eigenvalue weighted by Gasteiger charge is 2.31. The van der Waals surface area contributed by atoms with Crippen LogP contribution in [0.3, 0.4) is 0 Å². The number of amides is 1. The predicted octanol–water partition coefficient (Wildman–Crippen LogP) is 2.24. The lowest BCUT2D eigenvalue weighted by Gasteiger charge is -2.13. The van der Waals surface area contributed by atoms with Crippen molar-refractivity contribution >= 4 is 32.5 Å². The van der Waals surface area contributed by atoms with Gasteiger partial charge in [-0.15, -0.1) is 0 Å². The zero-order valence-corrected chi connectivity index (χ0v) is 13.5. The normalized spacial score (nSPS) is 19.6. The summed E-state index contributed by atoms with van der Waals surface area (Å²) < 4.78 is 30.3. The van der Waals surface area contributed by atoms with Crippen LogP contribution in [0.2, 0.25) is 0 Å². The highest BCUT2D eigenvalue weighted by Crippen LogP contribution is 2.27. The summed E-state index contributed by atoms with van der Waals surface area (Å²) in [6.07, 6.45) is 3.47. The fraction of sp³-hybridized carbons (Fsp3) is 0.250. The molecule has 0 saturated carbocycles. The number of sulfone groups is 1. The minimum absolute atomic E-state index is 0.0478. The summed E-state index contributed by atoms with van der Waals surface area (Å²) in [5.41, 5.74) is 1.07. The largest absolute Gasteiger partial charge is 0.463 e. The number of nitrogens with one attached hydrogen (secondary N) is 1. The summed E-state index contributed by atoms with van der Waals surface area (Å²) in [6.45, 7) is 0. The number of rotatable bonds is 3. The van der Waals surface area contributed by atoms with Crippen molar-refractivity contribution in [2.45, 2.75) is 12.5 Å². The van der Waals surface area contributed by atoms with Crippen LogP contribution in [0.5, 0.6) is 0 Å². The number of fused-ring (bicyclic) bond motifs is 1. The van der Waals surface area contributed by atoms with Crippen molar-refractivity contribution < 1.29 is 17.6 Å². The van der Waals surface area contributed by atoms with Gasteiger partial charge in [-0.25, -0.2) is 13.1 Å². The highest BCUT2D eigenvalue weighted by molar-refractivity contribution is 7.91. The molecule has 1 aliphatic heterocycles. The summed E-state index contributed by atoms with van der Waals surface area (Å²) in [7, 11) is -3.03. The molecule has 1 saturated heterocycles. The molecular formula is C16H15N3O4S. The molecule has 1 fully saturated rings. The number of nitrogens with zero attached hydrogens (tertiary/aromatic N) is 2. The van der Waals surface area contributed by atoms with Crippen molar-refractivity contribution in [2.75, 3.05) is 16.8 Å². The molecule has 1 aliphatic rings. The van der Waals surface area contributed by atoms with Crippen molar-refractivity contribution in [3.8, 4) is 0 Å². The lowest BCUT2D eigenvalue weighted by molar-refractivity contribution is 0.102. The Morgan fingerprint density at radius 3 is 2.92 bits per heavy atom. The second-order valence-corrected chi connectivity index (χ2v) is 8.05. The van der Waals surface area contributed by atoms with Crippen LogP contribution in [0, 0.1) is 0 Å². The van der Waals surface area contributed by atoms with E-state index in [1.807, 2.05) is 18.2 Å². The maximum Gasteiger partial charge on any atom is 0.260 e. The number of carbonyl (C=O) groups is 1. The molecule has 1 amide bonds. The lowest BCUT2D eigenvalue weighted by Crippen LogP contribution is -2.19. The first kappa shape index (κ1) is 14.9. The minimum atomic E-state index is -3.03. The van der Waals surface area contributed by atoms with Gasteiger partial charge in [0.25, 0.3) is 5.91 Å². The minimum Gasteiger partial charge on any atom is -0.463 e. The number of furan rings is 1. The Balaban J connectivity index is 1.60. The van der Waals surface area contributed by atoms with E-state index in [-0.39, 0.29) is 23.5 Å². The summed E-state index contributed by atoms with van der Waals surface area (Å²) in [5, 5.41) is 7.70. The third-order valence-electron chi connectivity index (χ3n) is 4.19. The zero-order valence-electron chi connectivity index (χ0n) is 12.7. The monoisotopic (exact) mass is 345 g/mol. The number of carbonyl (C=O) groups excluding carboxylic acids is 1. The molecule has 2 aromatic heterocycles. The van der Waals surface area contributed by atoms with Crippen LogP contribution in [-0.2, 0) is 9.84 Å². The Labute approximate surface area is 138 Å². The summed E-state index contributed by atoms with van der Waals surface area (Å²) in [6, 6.07) is 8.69. The topological polar surface area (TPSA) is 94.2 Å². The second-order valence-electron chi connectivity index (χ2n) is 5.82. The first-order valence-corrected chi connectivity index (χ1v) is 9.37. The fourth-order valence-corrected chi connectivity index (χ4v) is 4.70. The van der Waals surface area contributed by atoms with Crippen molar-refractivity contribution in [2.24, 2.45) is 0 Å². The van der Waals surface area contributed by atoms with E-state index in [0.29, 0.717) is 23.4 Å². The predicted molar refractivity (Wildman–Crippen MR) is 88.7 cm³/mol. The Hall–Kier alpha value is -2.61. The fourth-order valence-electron chi connectivity index (χ4n) is 3.01. The number of aromatic nitrogens is 2. The Morgan fingerprint density at radius 2 is 2.12 bits per heavy atom. The van der Waals surface area contributed by atoms with Gasteiger partial charge in [0.1, 0.15) is 17.7 Å². The number of hydrogen-bond donors (Lipinski definition) is 1. The van der Waals surface area contributed by atoms with Crippen molar-refractivity contribution in [1.82, 2.24) is 9.78 Å². The zero-order chi connectivity index (χ0) is 16.7. The van der Waals surface area contributed by atoms with Crippen LogP contribution in [0.25, 0.3) is 11.0 Å². The van der Waals surface area contributed by atoms with Crippen molar-refractivity contribution in [3.63, 3.8) is 0 Å². The van der Waals surface area contributed by atoms with Gasteiger partial charge in [0, 0.05) is 11.5 Å². The van der Waals surface area contributed by atoms with E-state index < -0.39 is 9.84 Å². The Morgan fingerprint density at radius 1 is 1.29 bits per heavy atom. The molecule has 3 heterocycles. The average molecular weight is 345 g/mol. The molecule has 8 heteroatoms. The van der Waals surface area contributed by atoms with Crippen molar-refractivity contribution in [3.05, 3.63) is 48.4 Å². The van der Waals surface area contributed by atoms with Gasteiger partial charge in [-0.3, -0.25) is 4.79 Å². The van der Waals surface area contributed by atoms with Crippen LogP contribution in [0.1, 0.15) is 22.8 Å². The van der Waals surface area contributed by atoms with Crippen LogP contribution in [-0.4, -0.2) is 35.6 Å². The quantitative estimate of drug-likeness (QED) is 0.785. The van der Waals surface area contributed by atoms with Gasteiger partial charge in [0.15, 0.2) is 9.84 Å². The first-order chi connectivity index (χ1) is 11.5. The number of hydrogen-bond acceptors (Lipinski definition) is 5. The van der Waals surface area contributed by atoms with Gasteiger partial charge in [-0.1, -0.05) is 18.2 Å². The van der Waals surface area contributed by atoms with E-state index in [0.717, 1.165) is 5.39 Å². The summed E-state index contributed by atoms with van der Waals surface area (Å²) in [4.78, 5) is 12.6. The molecule has 124 valence electrons. The third kappa shape index (κ3) is 2.58. The second kappa shape index (κ2) is 5.48. The van der Waals surface area contributed by atoms with E-state index in [1.54, 1.807) is 23.0 Å². The number of anilines is 1. The highest BCUT2D eigenvalue weighted by atomic mass is 32.2. The molecule has 0 unspecified atom stereocenters. The molecule has 0 aliphatic carbocycles. The summed E-state index contributed by atoms with van der Waals surface area (Å²) in [5.74, 6) is 0.360. The average Bonchev–Trinajstić information content (AvgIpc) is 3.24. The van der Waals surface area contributed by atoms with Crippen LogP contribution >= 0.6 is 0 Å². The molecule has 7 nitrogen and oxygen atoms in total. The van der Waals surface area contributed by atoms with E-state index >= 15 is 0 Å². The van der Waals surface area contributed by atoms with Crippen molar-refractivity contribution in [1.29, 1.82) is 0 Å². The van der Waals surface area contributed by atoms with E-state index in [2.05, 4.69) is 10.4 Å². The van der Waals surface area contributed by atoms with Crippen LogP contribution in [0.15, 0.2) is 47.2 Å². The standard InChI is InChI=1S/C16H15N3O4S/c20-16(13-9-23-14-4-2-1-3-12(13)14)18-15-5-7-17-19(15)11-6-8-24(21,22)10-11/h1-5,7,9,11H,6,8,10H2,(H,18,20)/t11-/m0/s1. The Bertz CT molecular complexity index is 1020. The maximum atomic E-state index is 12.6. The smallest absolute Gasteiger partial charge is 0.260 e. The SMILES string of the molecule is O=C(Nc1ccnn1[C@H]1CCS(=O)(=O)C1)c1coc2ccccc12. The van der Waals surface area contributed by atoms with E-state index in [1.165, 1.54) is 6.26 Å². The number of para-hydroxylation sites is 1. The molecule has 0 radical (unpaired) electrons. The van der Waals surface area contributed by atoms with Crippen LogP contribution < -0.4 is 5.32 Å². The molecule has 1 atom stereocenters. The lowest BCUT2D eigenvalue weighted by atomic mass is 10.1. The molecule has 1 N–H and O–H groups in total. The van der Waals surface area contributed by atoms with E-state index in [9.17, 15) is 13.2 Å². The maximum absolute atomic E-state index is 12.6. The number of benzene rings is 1. The molecule has 1 aromatic carbocycles.